The molecule has 0 spiro atoms. The lowest BCUT2D eigenvalue weighted by atomic mass is 10.1. The van der Waals surface area contributed by atoms with Crippen molar-refractivity contribution in [2.45, 2.75) is 44.8 Å². The molecular formula is C12H20F3N5. The van der Waals surface area contributed by atoms with E-state index in [4.69, 9.17) is 11.5 Å². The summed E-state index contributed by atoms with van der Waals surface area (Å²) in [7, 11) is 0. The van der Waals surface area contributed by atoms with Gasteiger partial charge in [0.2, 0.25) is 0 Å². The Kier molecular flexibility index (Phi) is 4.24. The summed E-state index contributed by atoms with van der Waals surface area (Å²) in [5.41, 5.74) is 12.3. The molecule has 2 aliphatic heterocycles. The molecule has 8 heteroatoms. The molecule has 114 valence electrons. The van der Waals surface area contributed by atoms with E-state index in [1.165, 1.54) is 4.90 Å². The molecule has 0 saturated carbocycles. The van der Waals surface area contributed by atoms with Gasteiger partial charge in [-0.25, -0.2) is 4.99 Å². The molecule has 0 aromatic heterocycles. The SMILES string of the molecule is CC1=CN(C2CCCCN2CC(F)(F)F)C(N)N=C1N. The Balaban J connectivity index is 2.16. The largest absolute Gasteiger partial charge is 0.401 e. The fourth-order valence-corrected chi connectivity index (χ4v) is 2.67. The number of hydrogen-bond donors (Lipinski definition) is 2. The quantitative estimate of drug-likeness (QED) is 0.801. The number of hydrogen-bond acceptors (Lipinski definition) is 5. The number of nitrogens with zero attached hydrogens (tertiary/aromatic N) is 3. The van der Waals surface area contributed by atoms with Gasteiger partial charge in [0.25, 0.3) is 0 Å². The Morgan fingerprint density at radius 1 is 1.40 bits per heavy atom. The highest BCUT2D eigenvalue weighted by Gasteiger charge is 2.38. The molecule has 20 heavy (non-hydrogen) atoms. The van der Waals surface area contributed by atoms with Gasteiger partial charge in [0.15, 0.2) is 6.29 Å². The van der Waals surface area contributed by atoms with Crippen LogP contribution in [-0.2, 0) is 0 Å². The van der Waals surface area contributed by atoms with E-state index in [2.05, 4.69) is 4.99 Å². The lowest BCUT2D eigenvalue weighted by molar-refractivity contribution is -0.162. The topological polar surface area (TPSA) is 70.9 Å². The van der Waals surface area contributed by atoms with Crippen molar-refractivity contribution in [3.8, 4) is 0 Å². The van der Waals surface area contributed by atoms with Crippen LogP contribution in [0.25, 0.3) is 0 Å². The van der Waals surface area contributed by atoms with Gasteiger partial charge in [-0.1, -0.05) is 0 Å². The van der Waals surface area contributed by atoms with Crippen LogP contribution in [0.2, 0.25) is 0 Å². The third-order valence-electron chi connectivity index (χ3n) is 3.63. The molecule has 2 heterocycles. The van der Waals surface area contributed by atoms with Gasteiger partial charge in [0.05, 0.1) is 12.7 Å². The van der Waals surface area contributed by atoms with E-state index in [1.807, 2.05) is 0 Å². The standard InChI is InChI=1S/C12H20F3N5/c1-8-6-20(11(17)18-10(8)16)9-4-2-3-5-19(9)7-12(13,14)15/h6,9,11H,2-5,7,17H2,1H3,(H2,16,18). The highest BCUT2D eigenvalue weighted by molar-refractivity contribution is 5.96. The zero-order valence-corrected chi connectivity index (χ0v) is 11.4. The van der Waals surface area contributed by atoms with Crippen molar-refractivity contribution < 1.29 is 13.2 Å². The summed E-state index contributed by atoms with van der Waals surface area (Å²) in [6, 6.07) is 0. The van der Waals surface area contributed by atoms with Crippen LogP contribution in [0.1, 0.15) is 26.2 Å². The van der Waals surface area contributed by atoms with Crippen LogP contribution >= 0.6 is 0 Å². The Labute approximate surface area is 116 Å². The monoisotopic (exact) mass is 291 g/mol. The van der Waals surface area contributed by atoms with Gasteiger partial charge >= 0.3 is 6.18 Å². The van der Waals surface area contributed by atoms with Gasteiger partial charge in [0.1, 0.15) is 5.84 Å². The Morgan fingerprint density at radius 2 is 2.10 bits per heavy atom. The minimum absolute atomic E-state index is 0.340. The first-order valence-electron chi connectivity index (χ1n) is 6.64. The summed E-state index contributed by atoms with van der Waals surface area (Å²) >= 11 is 0. The van der Waals surface area contributed by atoms with Crippen molar-refractivity contribution in [3.05, 3.63) is 11.8 Å². The second kappa shape index (κ2) is 5.61. The van der Waals surface area contributed by atoms with E-state index in [1.54, 1.807) is 18.0 Å². The number of piperidine rings is 1. The van der Waals surface area contributed by atoms with Crippen molar-refractivity contribution in [1.29, 1.82) is 0 Å². The van der Waals surface area contributed by atoms with E-state index in [0.717, 1.165) is 18.4 Å². The van der Waals surface area contributed by atoms with Crippen molar-refractivity contribution >= 4 is 5.84 Å². The average Bonchev–Trinajstić information content (AvgIpc) is 2.33. The molecule has 0 radical (unpaired) electrons. The lowest BCUT2D eigenvalue weighted by Gasteiger charge is -2.45. The molecule has 0 bridgehead atoms. The van der Waals surface area contributed by atoms with Gasteiger partial charge in [-0.3, -0.25) is 10.6 Å². The first-order chi connectivity index (χ1) is 9.28. The zero-order valence-electron chi connectivity index (χ0n) is 11.4. The molecule has 4 N–H and O–H groups in total. The zero-order chi connectivity index (χ0) is 14.9. The first kappa shape index (κ1) is 15.1. The van der Waals surface area contributed by atoms with Crippen molar-refractivity contribution in [2.24, 2.45) is 16.5 Å². The van der Waals surface area contributed by atoms with E-state index in [9.17, 15) is 13.2 Å². The molecular weight excluding hydrogens is 271 g/mol. The highest BCUT2D eigenvalue weighted by Crippen LogP contribution is 2.27. The molecule has 5 nitrogen and oxygen atoms in total. The maximum Gasteiger partial charge on any atom is 0.401 e. The van der Waals surface area contributed by atoms with Gasteiger partial charge in [-0.05, 0) is 26.2 Å². The molecule has 0 aromatic rings. The maximum atomic E-state index is 12.7. The van der Waals surface area contributed by atoms with Gasteiger partial charge in [-0.2, -0.15) is 13.2 Å². The van der Waals surface area contributed by atoms with Crippen molar-refractivity contribution in [1.82, 2.24) is 9.80 Å². The number of rotatable bonds is 2. The number of aliphatic imine (C=N–C) groups is 1. The van der Waals surface area contributed by atoms with Gasteiger partial charge < -0.3 is 10.6 Å². The Hall–Kier alpha value is -1.28. The third kappa shape index (κ3) is 3.43. The average molecular weight is 291 g/mol. The summed E-state index contributed by atoms with van der Waals surface area (Å²) in [4.78, 5) is 7.17. The lowest BCUT2D eigenvalue weighted by Crippen LogP contribution is -2.57. The van der Waals surface area contributed by atoms with Crippen LogP contribution in [0.3, 0.4) is 0 Å². The summed E-state index contributed by atoms with van der Waals surface area (Å²) in [5, 5.41) is 0. The molecule has 0 aromatic carbocycles. The molecule has 2 aliphatic rings. The number of halogens is 3. The summed E-state index contributed by atoms with van der Waals surface area (Å²) in [6.07, 6.45) is -1.31. The molecule has 1 fully saturated rings. The van der Waals surface area contributed by atoms with Crippen LogP contribution < -0.4 is 11.5 Å². The maximum absolute atomic E-state index is 12.7. The number of likely N-dealkylation sites (tertiary alicyclic amines) is 1. The third-order valence-corrected chi connectivity index (χ3v) is 3.63. The second-order valence-corrected chi connectivity index (χ2v) is 5.25. The predicted molar refractivity (Wildman–Crippen MR) is 70.5 cm³/mol. The fraction of sp³-hybridized carbons (Fsp3) is 0.750. The van der Waals surface area contributed by atoms with E-state index < -0.39 is 19.0 Å². The Morgan fingerprint density at radius 3 is 2.75 bits per heavy atom. The fourth-order valence-electron chi connectivity index (χ4n) is 2.67. The number of amidine groups is 1. The van der Waals surface area contributed by atoms with Gasteiger partial charge in [0, 0.05) is 18.3 Å². The molecule has 2 atom stereocenters. The molecule has 1 saturated heterocycles. The van der Waals surface area contributed by atoms with Crippen molar-refractivity contribution in [2.75, 3.05) is 13.1 Å². The number of alkyl halides is 3. The summed E-state index contributed by atoms with van der Waals surface area (Å²) in [6.45, 7) is 1.26. The van der Waals surface area contributed by atoms with Crippen LogP contribution in [-0.4, -0.2) is 47.4 Å². The van der Waals surface area contributed by atoms with Crippen molar-refractivity contribution in [3.63, 3.8) is 0 Å². The molecule has 0 aliphatic carbocycles. The van der Waals surface area contributed by atoms with Crippen LogP contribution in [0.4, 0.5) is 13.2 Å². The van der Waals surface area contributed by atoms with Crippen LogP contribution in [0.15, 0.2) is 16.8 Å². The van der Waals surface area contributed by atoms with E-state index >= 15 is 0 Å². The molecule has 2 rings (SSSR count). The predicted octanol–water partition coefficient (Wildman–Crippen LogP) is 1.18. The normalized spacial score (nSPS) is 29.1. The Bertz CT molecular complexity index is 418. The minimum Gasteiger partial charge on any atom is -0.384 e. The van der Waals surface area contributed by atoms with Gasteiger partial charge in [-0.15, -0.1) is 0 Å². The molecule has 0 amide bonds. The number of nitrogens with two attached hydrogens (primary N) is 2. The van der Waals surface area contributed by atoms with Crippen LogP contribution in [0, 0.1) is 0 Å². The second-order valence-electron chi connectivity index (χ2n) is 5.25. The minimum atomic E-state index is -4.21. The first-order valence-corrected chi connectivity index (χ1v) is 6.64. The smallest absolute Gasteiger partial charge is 0.384 e. The summed E-state index contributed by atoms with van der Waals surface area (Å²) in [5.74, 6) is 0.340. The molecule has 2 unspecified atom stereocenters. The van der Waals surface area contributed by atoms with E-state index in [0.29, 0.717) is 18.8 Å². The highest BCUT2D eigenvalue weighted by atomic mass is 19.4. The van der Waals surface area contributed by atoms with E-state index in [-0.39, 0.29) is 6.17 Å². The summed E-state index contributed by atoms with van der Waals surface area (Å²) < 4.78 is 38.0. The van der Waals surface area contributed by atoms with Crippen LogP contribution in [0.5, 0.6) is 0 Å².